The molecule has 1 aliphatic rings. The van der Waals surface area contributed by atoms with E-state index in [9.17, 15) is 9.90 Å². The molecule has 0 spiro atoms. The minimum absolute atomic E-state index is 0.142. The van der Waals surface area contributed by atoms with Crippen molar-refractivity contribution in [1.29, 1.82) is 0 Å². The number of aliphatic hydroxyl groups is 1. The fourth-order valence-corrected chi connectivity index (χ4v) is 2.90. The van der Waals surface area contributed by atoms with Gasteiger partial charge in [-0.15, -0.1) is 0 Å². The molecule has 1 aromatic carbocycles. The van der Waals surface area contributed by atoms with Gasteiger partial charge >= 0.3 is 0 Å². The highest BCUT2D eigenvalue weighted by molar-refractivity contribution is 5.77. The zero-order valence-corrected chi connectivity index (χ0v) is 13.2. The first kappa shape index (κ1) is 16.1. The minimum atomic E-state index is -0.942. The van der Waals surface area contributed by atoms with Gasteiger partial charge in [0, 0.05) is 19.6 Å². The van der Waals surface area contributed by atoms with Crippen LogP contribution in [0.4, 0.5) is 0 Å². The number of nitrogens with one attached hydrogen (secondary N) is 2. The monoisotopic (exact) mass is 318 g/mol. The van der Waals surface area contributed by atoms with E-state index in [1.165, 1.54) is 0 Å². The summed E-state index contributed by atoms with van der Waals surface area (Å²) in [6, 6.07) is 7.26. The summed E-state index contributed by atoms with van der Waals surface area (Å²) in [6.07, 6.45) is 0. The maximum Gasteiger partial charge on any atom is 0.258 e. The number of nitrogens with zero attached hydrogens (tertiary/aromatic N) is 2. The molecule has 0 aliphatic carbocycles. The zero-order chi connectivity index (χ0) is 16.3. The minimum Gasteiger partial charge on any atom is -0.385 e. The molecule has 2 aromatic rings. The van der Waals surface area contributed by atoms with Gasteiger partial charge in [-0.1, -0.05) is 12.1 Å². The summed E-state index contributed by atoms with van der Waals surface area (Å²) in [7, 11) is 1.89. The van der Waals surface area contributed by atoms with Crippen molar-refractivity contribution in [2.45, 2.75) is 12.1 Å². The third kappa shape index (κ3) is 3.94. The van der Waals surface area contributed by atoms with Gasteiger partial charge in [0.2, 0.25) is 0 Å². The Hall–Kier alpha value is -1.80. The second kappa shape index (κ2) is 6.76. The van der Waals surface area contributed by atoms with Crippen LogP contribution in [0.5, 0.6) is 0 Å². The predicted molar refractivity (Wildman–Crippen MR) is 87.3 cm³/mol. The Morgan fingerprint density at radius 3 is 3.13 bits per heavy atom. The number of hydrogen-bond acceptors (Lipinski definition) is 6. The third-order valence-electron chi connectivity index (χ3n) is 3.89. The Bertz CT molecular complexity index is 723. The lowest BCUT2D eigenvalue weighted by Crippen LogP contribution is -2.50. The predicted octanol–water partition coefficient (Wildman–Crippen LogP) is -0.294. The molecule has 0 saturated carbocycles. The van der Waals surface area contributed by atoms with Gasteiger partial charge in [-0.3, -0.25) is 9.69 Å². The van der Waals surface area contributed by atoms with Crippen LogP contribution in [0.25, 0.3) is 10.9 Å². The summed E-state index contributed by atoms with van der Waals surface area (Å²) >= 11 is 0. The summed E-state index contributed by atoms with van der Waals surface area (Å²) in [4.78, 5) is 21.3. The van der Waals surface area contributed by atoms with E-state index in [0.717, 1.165) is 6.54 Å². The molecule has 1 atom stereocenters. The number of likely N-dealkylation sites (N-methyl/N-ethyl adjacent to an activating group) is 1. The molecular weight excluding hydrogens is 296 g/mol. The molecule has 1 aliphatic heterocycles. The molecule has 3 rings (SSSR count). The van der Waals surface area contributed by atoms with Crippen LogP contribution in [-0.4, -0.2) is 65.5 Å². The lowest BCUT2D eigenvalue weighted by Gasteiger charge is -2.30. The number of fused-ring (bicyclic) bond motifs is 1. The average molecular weight is 318 g/mol. The normalized spacial score (nSPS) is 22.4. The van der Waals surface area contributed by atoms with Gasteiger partial charge < -0.3 is 20.1 Å². The molecule has 1 unspecified atom stereocenters. The fraction of sp³-hybridized carbons (Fsp3) is 0.500. The number of ether oxygens (including phenoxy) is 1. The van der Waals surface area contributed by atoms with Crippen LogP contribution >= 0.6 is 0 Å². The Morgan fingerprint density at radius 2 is 2.26 bits per heavy atom. The van der Waals surface area contributed by atoms with Crippen molar-refractivity contribution in [1.82, 2.24) is 20.2 Å². The molecule has 1 aromatic heterocycles. The van der Waals surface area contributed by atoms with Crippen molar-refractivity contribution in [2.24, 2.45) is 0 Å². The van der Waals surface area contributed by atoms with Crippen LogP contribution in [0, 0.1) is 0 Å². The van der Waals surface area contributed by atoms with Crippen molar-refractivity contribution in [3.8, 4) is 0 Å². The summed E-state index contributed by atoms with van der Waals surface area (Å²) in [5.41, 5.74) is -0.405. The Labute approximate surface area is 134 Å². The maximum atomic E-state index is 12.1. The van der Waals surface area contributed by atoms with Crippen molar-refractivity contribution >= 4 is 10.9 Å². The number of aromatic nitrogens is 2. The standard InChI is InChI=1S/C16H22N4O3/c1-20(10-16(22)9-17-6-7-23-11-16)8-14-18-13-5-3-2-4-12(13)15(21)19-14/h2-5,17,22H,6-11H2,1H3,(H,18,19,21). The Morgan fingerprint density at radius 1 is 1.43 bits per heavy atom. The van der Waals surface area contributed by atoms with E-state index in [0.29, 0.717) is 49.6 Å². The number of para-hydroxylation sites is 1. The number of benzene rings is 1. The number of aromatic amines is 1. The van der Waals surface area contributed by atoms with Gasteiger partial charge in [-0.25, -0.2) is 4.98 Å². The highest BCUT2D eigenvalue weighted by atomic mass is 16.5. The summed E-state index contributed by atoms with van der Waals surface area (Å²) in [5, 5.41) is 14.4. The van der Waals surface area contributed by atoms with Crippen molar-refractivity contribution in [3.05, 3.63) is 40.4 Å². The summed E-state index contributed by atoms with van der Waals surface area (Å²) in [5.74, 6) is 0.585. The van der Waals surface area contributed by atoms with Gasteiger partial charge in [-0.05, 0) is 19.2 Å². The highest BCUT2D eigenvalue weighted by Gasteiger charge is 2.30. The molecule has 0 amide bonds. The molecule has 2 heterocycles. The fourth-order valence-electron chi connectivity index (χ4n) is 2.90. The molecule has 7 nitrogen and oxygen atoms in total. The Kier molecular flexibility index (Phi) is 4.72. The first-order valence-electron chi connectivity index (χ1n) is 7.73. The van der Waals surface area contributed by atoms with E-state index in [2.05, 4.69) is 15.3 Å². The van der Waals surface area contributed by atoms with E-state index >= 15 is 0 Å². The molecule has 1 saturated heterocycles. The third-order valence-corrected chi connectivity index (χ3v) is 3.89. The quantitative estimate of drug-likeness (QED) is 0.717. The summed E-state index contributed by atoms with van der Waals surface area (Å²) < 4.78 is 5.43. The molecule has 1 fully saturated rings. The first-order chi connectivity index (χ1) is 11.1. The average Bonchev–Trinajstić information content (AvgIpc) is 2.71. The van der Waals surface area contributed by atoms with Crippen LogP contribution in [0.15, 0.2) is 29.1 Å². The number of rotatable bonds is 4. The van der Waals surface area contributed by atoms with Crippen molar-refractivity contribution in [2.75, 3.05) is 39.9 Å². The van der Waals surface area contributed by atoms with E-state index in [1.54, 1.807) is 6.07 Å². The molecule has 124 valence electrons. The van der Waals surface area contributed by atoms with Gasteiger partial charge in [-0.2, -0.15) is 0 Å². The zero-order valence-electron chi connectivity index (χ0n) is 13.2. The number of H-pyrrole nitrogens is 1. The highest BCUT2D eigenvalue weighted by Crippen LogP contribution is 2.11. The lowest BCUT2D eigenvalue weighted by molar-refractivity contribution is -0.0464. The molecule has 0 bridgehead atoms. The number of β-amino-alcohol motifs (C(OH)–C–C–N with tert-alkyl or cyclic N) is 1. The SMILES string of the molecule is CN(Cc1nc2ccccc2c(=O)[nH]1)CC1(O)CNCCOC1. The number of hydrogen-bond donors (Lipinski definition) is 3. The van der Waals surface area contributed by atoms with E-state index in [1.807, 2.05) is 30.1 Å². The molecule has 0 radical (unpaired) electrons. The van der Waals surface area contributed by atoms with Crippen LogP contribution in [0.3, 0.4) is 0 Å². The Balaban J connectivity index is 1.72. The van der Waals surface area contributed by atoms with Crippen LogP contribution in [0.1, 0.15) is 5.82 Å². The van der Waals surface area contributed by atoms with Gasteiger partial charge in [0.1, 0.15) is 11.4 Å². The van der Waals surface area contributed by atoms with E-state index in [-0.39, 0.29) is 5.56 Å². The van der Waals surface area contributed by atoms with Crippen LogP contribution in [0.2, 0.25) is 0 Å². The van der Waals surface area contributed by atoms with Crippen LogP contribution in [-0.2, 0) is 11.3 Å². The molecule has 7 heteroatoms. The van der Waals surface area contributed by atoms with Gasteiger partial charge in [0.25, 0.3) is 5.56 Å². The largest absolute Gasteiger partial charge is 0.385 e. The second-order valence-corrected chi connectivity index (χ2v) is 6.16. The van der Waals surface area contributed by atoms with Crippen molar-refractivity contribution in [3.63, 3.8) is 0 Å². The second-order valence-electron chi connectivity index (χ2n) is 6.16. The molecule has 3 N–H and O–H groups in total. The first-order valence-corrected chi connectivity index (χ1v) is 7.73. The summed E-state index contributed by atoms with van der Waals surface area (Å²) in [6.45, 7) is 3.00. The van der Waals surface area contributed by atoms with Crippen molar-refractivity contribution < 1.29 is 9.84 Å². The van der Waals surface area contributed by atoms with E-state index < -0.39 is 5.60 Å². The van der Waals surface area contributed by atoms with E-state index in [4.69, 9.17) is 4.74 Å². The molecular formula is C16H22N4O3. The maximum absolute atomic E-state index is 12.1. The lowest BCUT2D eigenvalue weighted by atomic mass is 10.1. The smallest absolute Gasteiger partial charge is 0.258 e. The van der Waals surface area contributed by atoms with Gasteiger partial charge in [0.15, 0.2) is 0 Å². The van der Waals surface area contributed by atoms with Crippen LogP contribution < -0.4 is 10.9 Å². The molecule has 23 heavy (non-hydrogen) atoms. The van der Waals surface area contributed by atoms with Gasteiger partial charge in [0.05, 0.1) is 30.7 Å². The topological polar surface area (TPSA) is 90.5 Å².